The van der Waals surface area contributed by atoms with Gasteiger partial charge in [-0.05, 0) is 38.5 Å². The highest BCUT2D eigenvalue weighted by molar-refractivity contribution is 5.83. The zero-order valence-corrected chi connectivity index (χ0v) is 12.2. The van der Waals surface area contributed by atoms with E-state index < -0.39 is 12.0 Å². The molecule has 2 heterocycles. The van der Waals surface area contributed by atoms with Crippen LogP contribution in [0.4, 0.5) is 4.79 Å². The minimum Gasteiger partial charge on any atom is -0.480 e. The molecule has 2 fully saturated rings. The molecule has 114 valence electrons. The van der Waals surface area contributed by atoms with Crippen molar-refractivity contribution in [2.75, 3.05) is 13.2 Å². The summed E-state index contributed by atoms with van der Waals surface area (Å²) in [6, 6.07) is -1.08. The molecular formula is C14H24N2O4. The van der Waals surface area contributed by atoms with E-state index in [-0.39, 0.29) is 18.2 Å². The van der Waals surface area contributed by atoms with Gasteiger partial charge in [0.15, 0.2) is 0 Å². The monoisotopic (exact) mass is 284 g/mol. The van der Waals surface area contributed by atoms with Crippen molar-refractivity contribution >= 4 is 12.0 Å². The van der Waals surface area contributed by atoms with Gasteiger partial charge >= 0.3 is 12.0 Å². The second-order valence-electron chi connectivity index (χ2n) is 5.97. The van der Waals surface area contributed by atoms with Crippen LogP contribution in [0.15, 0.2) is 0 Å². The predicted octanol–water partition coefficient (Wildman–Crippen LogP) is 1.45. The van der Waals surface area contributed by atoms with Gasteiger partial charge in [-0.15, -0.1) is 0 Å². The van der Waals surface area contributed by atoms with E-state index in [0.717, 1.165) is 25.9 Å². The third-order valence-electron chi connectivity index (χ3n) is 4.28. The fourth-order valence-electron chi connectivity index (χ4n) is 2.99. The SMILES string of the molecule is CC1CCN(C(=O)NC(C)C2CCCO2)C(C(=O)O)C1. The van der Waals surface area contributed by atoms with Crippen LogP contribution in [0.25, 0.3) is 0 Å². The molecule has 4 unspecified atom stereocenters. The summed E-state index contributed by atoms with van der Waals surface area (Å²) >= 11 is 0. The number of carbonyl (C=O) groups excluding carboxylic acids is 1. The maximum absolute atomic E-state index is 12.3. The number of nitrogens with one attached hydrogen (secondary N) is 1. The number of aliphatic carboxylic acids is 1. The quantitative estimate of drug-likeness (QED) is 0.822. The van der Waals surface area contributed by atoms with Gasteiger partial charge in [0.25, 0.3) is 0 Å². The van der Waals surface area contributed by atoms with Crippen LogP contribution in [0.5, 0.6) is 0 Å². The lowest BCUT2D eigenvalue weighted by Crippen LogP contribution is -2.56. The van der Waals surface area contributed by atoms with Gasteiger partial charge in [-0.2, -0.15) is 0 Å². The number of amides is 2. The lowest BCUT2D eigenvalue weighted by Gasteiger charge is -2.37. The standard InChI is InChI=1S/C14H24N2O4/c1-9-5-6-16(11(8-9)13(17)18)14(19)15-10(2)12-4-3-7-20-12/h9-12H,3-8H2,1-2H3,(H,15,19)(H,17,18). The first-order valence-electron chi connectivity index (χ1n) is 7.40. The van der Waals surface area contributed by atoms with Gasteiger partial charge in [0.05, 0.1) is 12.1 Å². The molecule has 2 aliphatic rings. The van der Waals surface area contributed by atoms with Gasteiger partial charge in [0.2, 0.25) is 0 Å². The molecule has 2 saturated heterocycles. The van der Waals surface area contributed by atoms with E-state index in [2.05, 4.69) is 5.32 Å². The van der Waals surface area contributed by atoms with E-state index in [4.69, 9.17) is 4.74 Å². The predicted molar refractivity (Wildman–Crippen MR) is 73.5 cm³/mol. The molecule has 0 bridgehead atoms. The number of carbonyl (C=O) groups is 2. The molecule has 0 spiro atoms. The van der Waals surface area contributed by atoms with Gasteiger partial charge in [-0.3, -0.25) is 0 Å². The van der Waals surface area contributed by atoms with Crippen molar-refractivity contribution in [2.45, 2.75) is 57.7 Å². The van der Waals surface area contributed by atoms with E-state index in [1.54, 1.807) is 0 Å². The molecule has 6 nitrogen and oxygen atoms in total. The maximum Gasteiger partial charge on any atom is 0.326 e. The fraction of sp³-hybridized carbons (Fsp3) is 0.857. The first kappa shape index (κ1) is 15.1. The van der Waals surface area contributed by atoms with Crippen molar-refractivity contribution in [3.8, 4) is 0 Å². The molecule has 2 amide bonds. The highest BCUT2D eigenvalue weighted by atomic mass is 16.5. The number of carboxylic acid groups (broad SMARTS) is 1. The Labute approximate surface area is 119 Å². The maximum atomic E-state index is 12.3. The van der Waals surface area contributed by atoms with Crippen LogP contribution in [0, 0.1) is 5.92 Å². The summed E-state index contributed by atoms with van der Waals surface area (Å²) in [6.45, 7) is 5.18. The van der Waals surface area contributed by atoms with Gasteiger partial charge in [0.1, 0.15) is 6.04 Å². The van der Waals surface area contributed by atoms with Crippen LogP contribution in [-0.4, -0.2) is 53.3 Å². The summed E-state index contributed by atoms with van der Waals surface area (Å²) in [5, 5.41) is 12.2. The summed E-state index contributed by atoms with van der Waals surface area (Å²) < 4.78 is 5.54. The van der Waals surface area contributed by atoms with Crippen molar-refractivity contribution in [3.63, 3.8) is 0 Å². The molecule has 20 heavy (non-hydrogen) atoms. The summed E-state index contributed by atoms with van der Waals surface area (Å²) in [7, 11) is 0. The Morgan fingerprint density at radius 2 is 2.15 bits per heavy atom. The first-order valence-corrected chi connectivity index (χ1v) is 7.40. The Hall–Kier alpha value is -1.30. The highest BCUT2D eigenvalue weighted by Gasteiger charge is 2.36. The molecule has 0 saturated carbocycles. The number of piperidine rings is 1. The van der Waals surface area contributed by atoms with Gasteiger partial charge in [-0.25, -0.2) is 9.59 Å². The molecule has 2 N–H and O–H groups in total. The Kier molecular flexibility index (Phi) is 4.86. The minimum absolute atomic E-state index is 0.0472. The zero-order chi connectivity index (χ0) is 14.7. The largest absolute Gasteiger partial charge is 0.480 e. The number of likely N-dealkylation sites (tertiary alicyclic amines) is 1. The van der Waals surface area contributed by atoms with Crippen LogP contribution >= 0.6 is 0 Å². The van der Waals surface area contributed by atoms with E-state index >= 15 is 0 Å². The molecule has 4 atom stereocenters. The van der Waals surface area contributed by atoms with Crippen LogP contribution in [-0.2, 0) is 9.53 Å². The summed E-state index contributed by atoms with van der Waals surface area (Å²) in [4.78, 5) is 25.0. The smallest absolute Gasteiger partial charge is 0.326 e. The first-order chi connectivity index (χ1) is 9.49. The molecule has 0 aromatic rings. The van der Waals surface area contributed by atoms with Crippen LogP contribution < -0.4 is 5.32 Å². The van der Waals surface area contributed by atoms with E-state index in [1.165, 1.54) is 4.90 Å². The van der Waals surface area contributed by atoms with E-state index in [9.17, 15) is 14.7 Å². The van der Waals surface area contributed by atoms with Crippen LogP contribution in [0.2, 0.25) is 0 Å². The van der Waals surface area contributed by atoms with Gasteiger partial charge in [0, 0.05) is 13.2 Å². The number of rotatable bonds is 3. The summed E-state index contributed by atoms with van der Waals surface area (Å²) in [6.07, 6.45) is 3.39. The minimum atomic E-state index is -0.920. The number of ether oxygens (including phenoxy) is 1. The zero-order valence-electron chi connectivity index (χ0n) is 12.2. The third-order valence-corrected chi connectivity index (χ3v) is 4.28. The Balaban J connectivity index is 1.94. The molecule has 0 aliphatic carbocycles. The molecular weight excluding hydrogens is 260 g/mol. The average Bonchev–Trinajstić information content (AvgIpc) is 2.92. The average molecular weight is 284 g/mol. The van der Waals surface area contributed by atoms with Gasteiger partial charge in [-0.1, -0.05) is 6.92 Å². The second kappa shape index (κ2) is 6.43. The lowest BCUT2D eigenvalue weighted by atomic mass is 9.93. The van der Waals surface area contributed by atoms with Crippen molar-refractivity contribution in [1.82, 2.24) is 10.2 Å². The van der Waals surface area contributed by atoms with Crippen molar-refractivity contribution in [2.24, 2.45) is 5.92 Å². The Morgan fingerprint density at radius 3 is 2.75 bits per heavy atom. The topological polar surface area (TPSA) is 78.9 Å². The lowest BCUT2D eigenvalue weighted by molar-refractivity contribution is -0.143. The van der Waals surface area contributed by atoms with Crippen LogP contribution in [0.1, 0.15) is 39.5 Å². The number of hydrogen-bond donors (Lipinski definition) is 2. The molecule has 2 rings (SSSR count). The highest BCUT2D eigenvalue weighted by Crippen LogP contribution is 2.23. The fourth-order valence-corrected chi connectivity index (χ4v) is 2.99. The third kappa shape index (κ3) is 3.42. The van der Waals surface area contributed by atoms with Crippen molar-refractivity contribution in [1.29, 1.82) is 0 Å². The summed E-state index contributed by atoms with van der Waals surface area (Å²) in [5.41, 5.74) is 0. The number of urea groups is 1. The molecule has 0 aromatic carbocycles. The van der Waals surface area contributed by atoms with E-state index in [1.807, 2.05) is 13.8 Å². The van der Waals surface area contributed by atoms with Crippen molar-refractivity contribution < 1.29 is 19.4 Å². The Bertz CT molecular complexity index is 368. The molecule has 2 aliphatic heterocycles. The molecule has 0 aromatic heterocycles. The van der Waals surface area contributed by atoms with Crippen molar-refractivity contribution in [3.05, 3.63) is 0 Å². The number of carboxylic acids is 1. The van der Waals surface area contributed by atoms with Gasteiger partial charge < -0.3 is 20.1 Å². The van der Waals surface area contributed by atoms with E-state index in [0.29, 0.717) is 18.9 Å². The summed E-state index contributed by atoms with van der Waals surface area (Å²) in [5.74, 6) is -0.577. The number of hydrogen-bond acceptors (Lipinski definition) is 3. The Morgan fingerprint density at radius 1 is 1.40 bits per heavy atom. The van der Waals surface area contributed by atoms with Crippen LogP contribution in [0.3, 0.4) is 0 Å². The normalized spacial score (nSPS) is 31.9. The molecule has 0 radical (unpaired) electrons. The second-order valence-corrected chi connectivity index (χ2v) is 5.97. The number of nitrogens with zero attached hydrogens (tertiary/aromatic N) is 1. The molecule has 6 heteroatoms.